The first-order chi connectivity index (χ1) is 10.4. The second-order valence-corrected chi connectivity index (χ2v) is 6.97. The molecule has 4 nitrogen and oxygen atoms in total. The number of benzene rings is 2. The van der Waals surface area contributed by atoms with Crippen LogP contribution in [0.4, 0.5) is 0 Å². The molecule has 0 aliphatic heterocycles. The number of nitrogens with one attached hydrogen (secondary N) is 1. The van der Waals surface area contributed by atoms with Crippen LogP contribution in [0.2, 0.25) is 0 Å². The standard InChI is InChI=1S/C17H21NO3S/c1-13-7-4-5-10-16(13)22(19,20)18-11-12-21-17-14(2)8-6-9-15(17)3/h4-10,18H,11-12H2,1-3H3. The highest BCUT2D eigenvalue weighted by atomic mass is 32.2. The fourth-order valence-corrected chi connectivity index (χ4v) is 3.55. The van der Waals surface area contributed by atoms with E-state index in [4.69, 9.17) is 4.74 Å². The third-order valence-electron chi connectivity index (χ3n) is 3.43. The first-order valence-electron chi connectivity index (χ1n) is 7.16. The highest BCUT2D eigenvalue weighted by Crippen LogP contribution is 2.22. The van der Waals surface area contributed by atoms with Crippen molar-refractivity contribution in [3.8, 4) is 5.75 Å². The normalized spacial score (nSPS) is 11.4. The van der Waals surface area contributed by atoms with Crippen molar-refractivity contribution in [2.75, 3.05) is 13.2 Å². The van der Waals surface area contributed by atoms with Crippen LogP contribution >= 0.6 is 0 Å². The number of hydrogen-bond acceptors (Lipinski definition) is 3. The Balaban J connectivity index is 1.95. The molecule has 118 valence electrons. The molecule has 22 heavy (non-hydrogen) atoms. The molecule has 0 aliphatic rings. The van der Waals surface area contributed by atoms with Crippen LogP contribution in [0.1, 0.15) is 16.7 Å². The molecule has 0 radical (unpaired) electrons. The van der Waals surface area contributed by atoms with E-state index in [1.54, 1.807) is 25.1 Å². The van der Waals surface area contributed by atoms with Crippen molar-refractivity contribution in [3.63, 3.8) is 0 Å². The van der Waals surface area contributed by atoms with Crippen LogP contribution in [0.15, 0.2) is 47.4 Å². The van der Waals surface area contributed by atoms with Crippen molar-refractivity contribution < 1.29 is 13.2 Å². The largest absolute Gasteiger partial charge is 0.492 e. The molecular formula is C17H21NO3S. The van der Waals surface area contributed by atoms with Gasteiger partial charge in [0.25, 0.3) is 0 Å². The Bertz CT molecular complexity index is 734. The van der Waals surface area contributed by atoms with Gasteiger partial charge in [-0.25, -0.2) is 13.1 Å². The van der Waals surface area contributed by atoms with Crippen LogP contribution in [-0.4, -0.2) is 21.6 Å². The van der Waals surface area contributed by atoms with Gasteiger partial charge >= 0.3 is 0 Å². The lowest BCUT2D eigenvalue weighted by molar-refractivity contribution is 0.318. The summed E-state index contributed by atoms with van der Waals surface area (Å²) < 4.78 is 32.7. The lowest BCUT2D eigenvalue weighted by Gasteiger charge is -2.13. The van der Waals surface area contributed by atoms with Crippen LogP contribution in [-0.2, 0) is 10.0 Å². The zero-order chi connectivity index (χ0) is 16.2. The van der Waals surface area contributed by atoms with Gasteiger partial charge in [0.15, 0.2) is 0 Å². The van der Waals surface area contributed by atoms with Gasteiger partial charge in [0.2, 0.25) is 10.0 Å². The van der Waals surface area contributed by atoms with Gasteiger partial charge in [-0.1, -0.05) is 36.4 Å². The summed E-state index contributed by atoms with van der Waals surface area (Å²) in [5.41, 5.74) is 2.81. The zero-order valence-electron chi connectivity index (χ0n) is 13.1. The van der Waals surface area contributed by atoms with E-state index < -0.39 is 10.0 Å². The molecule has 0 fully saturated rings. The zero-order valence-corrected chi connectivity index (χ0v) is 13.9. The Labute approximate surface area is 132 Å². The third-order valence-corrected chi connectivity index (χ3v) is 5.05. The average molecular weight is 319 g/mol. The summed E-state index contributed by atoms with van der Waals surface area (Å²) in [7, 11) is -3.50. The predicted octanol–water partition coefficient (Wildman–Crippen LogP) is 2.97. The molecule has 0 amide bonds. The molecule has 0 heterocycles. The monoisotopic (exact) mass is 319 g/mol. The topological polar surface area (TPSA) is 55.4 Å². The second-order valence-electron chi connectivity index (χ2n) is 5.23. The van der Waals surface area contributed by atoms with Crippen molar-refractivity contribution in [3.05, 3.63) is 59.2 Å². The Hall–Kier alpha value is -1.85. The van der Waals surface area contributed by atoms with E-state index in [2.05, 4.69) is 4.72 Å². The summed E-state index contributed by atoms with van der Waals surface area (Å²) in [4.78, 5) is 0.307. The fourth-order valence-electron chi connectivity index (χ4n) is 2.29. The fraction of sp³-hybridized carbons (Fsp3) is 0.294. The summed E-state index contributed by atoms with van der Waals surface area (Å²) in [6.07, 6.45) is 0. The summed E-state index contributed by atoms with van der Waals surface area (Å²) in [6.45, 7) is 6.24. The highest BCUT2D eigenvalue weighted by molar-refractivity contribution is 7.89. The second kappa shape index (κ2) is 6.94. The van der Waals surface area contributed by atoms with Crippen LogP contribution in [0.3, 0.4) is 0 Å². The van der Waals surface area contributed by atoms with Gasteiger partial charge < -0.3 is 4.74 Å². The number of sulfonamides is 1. The number of ether oxygens (including phenoxy) is 1. The number of hydrogen-bond donors (Lipinski definition) is 1. The van der Waals surface area contributed by atoms with Gasteiger partial charge in [0, 0.05) is 6.54 Å². The maximum atomic E-state index is 12.2. The van der Waals surface area contributed by atoms with Crippen molar-refractivity contribution in [1.29, 1.82) is 0 Å². The summed E-state index contributed by atoms with van der Waals surface area (Å²) in [6, 6.07) is 12.8. The summed E-state index contributed by atoms with van der Waals surface area (Å²) >= 11 is 0. The maximum Gasteiger partial charge on any atom is 0.240 e. The van der Waals surface area contributed by atoms with E-state index >= 15 is 0 Å². The van der Waals surface area contributed by atoms with Crippen molar-refractivity contribution >= 4 is 10.0 Å². The molecule has 0 bridgehead atoms. The molecule has 0 aromatic heterocycles. The maximum absolute atomic E-state index is 12.2. The average Bonchev–Trinajstić information content (AvgIpc) is 2.46. The van der Waals surface area contributed by atoms with E-state index in [1.807, 2.05) is 38.1 Å². The quantitative estimate of drug-likeness (QED) is 0.833. The summed E-state index contributed by atoms with van der Waals surface area (Å²) in [5.74, 6) is 0.817. The molecule has 0 atom stereocenters. The van der Waals surface area contributed by atoms with Crippen LogP contribution in [0.25, 0.3) is 0 Å². The number of rotatable bonds is 6. The van der Waals surface area contributed by atoms with Crippen molar-refractivity contribution in [2.45, 2.75) is 25.7 Å². The third kappa shape index (κ3) is 3.87. The van der Waals surface area contributed by atoms with Crippen LogP contribution < -0.4 is 9.46 Å². The lowest BCUT2D eigenvalue weighted by atomic mass is 10.1. The van der Waals surface area contributed by atoms with Gasteiger partial charge in [-0.15, -0.1) is 0 Å². The molecule has 1 N–H and O–H groups in total. The molecule has 0 aliphatic carbocycles. The van der Waals surface area contributed by atoms with Crippen molar-refractivity contribution in [2.24, 2.45) is 0 Å². The van der Waals surface area contributed by atoms with Gasteiger partial charge in [-0.2, -0.15) is 0 Å². The molecule has 0 saturated carbocycles. The van der Waals surface area contributed by atoms with E-state index in [0.29, 0.717) is 4.90 Å². The Morgan fingerprint density at radius 2 is 1.50 bits per heavy atom. The SMILES string of the molecule is Cc1ccccc1S(=O)(=O)NCCOc1c(C)cccc1C. The van der Waals surface area contributed by atoms with Crippen LogP contribution in [0.5, 0.6) is 5.75 Å². The molecular weight excluding hydrogens is 298 g/mol. The van der Waals surface area contributed by atoms with Crippen molar-refractivity contribution in [1.82, 2.24) is 4.72 Å². The smallest absolute Gasteiger partial charge is 0.240 e. The van der Waals surface area contributed by atoms with Gasteiger partial charge in [-0.3, -0.25) is 0 Å². The minimum atomic E-state index is -3.50. The number of para-hydroxylation sites is 1. The Morgan fingerprint density at radius 3 is 2.14 bits per heavy atom. The lowest BCUT2D eigenvalue weighted by Crippen LogP contribution is -2.28. The molecule has 5 heteroatoms. The molecule has 2 rings (SSSR count). The van der Waals surface area contributed by atoms with Crippen LogP contribution in [0, 0.1) is 20.8 Å². The van der Waals surface area contributed by atoms with E-state index in [0.717, 1.165) is 22.4 Å². The molecule has 2 aromatic rings. The van der Waals surface area contributed by atoms with E-state index in [1.165, 1.54) is 0 Å². The Morgan fingerprint density at radius 1 is 0.909 bits per heavy atom. The first-order valence-corrected chi connectivity index (χ1v) is 8.64. The summed E-state index contributed by atoms with van der Waals surface area (Å²) in [5, 5.41) is 0. The molecule has 2 aromatic carbocycles. The van der Waals surface area contributed by atoms with Gasteiger partial charge in [0.1, 0.15) is 12.4 Å². The molecule has 0 unspecified atom stereocenters. The van der Waals surface area contributed by atoms with Gasteiger partial charge in [0.05, 0.1) is 4.90 Å². The molecule has 0 spiro atoms. The van der Waals surface area contributed by atoms with E-state index in [9.17, 15) is 8.42 Å². The minimum Gasteiger partial charge on any atom is -0.492 e. The minimum absolute atomic E-state index is 0.227. The first kappa shape index (κ1) is 16.5. The molecule has 0 saturated heterocycles. The Kier molecular flexibility index (Phi) is 5.21. The van der Waals surface area contributed by atoms with E-state index in [-0.39, 0.29) is 13.2 Å². The highest BCUT2D eigenvalue weighted by Gasteiger charge is 2.15. The predicted molar refractivity (Wildman–Crippen MR) is 87.8 cm³/mol. The number of aryl methyl sites for hydroxylation is 3. The van der Waals surface area contributed by atoms with Gasteiger partial charge in [-0.05, 0) is 43.5 Å².